The van der Waals surface area contributed by atoms with E-state index < -0.39 is 11.7 Å². The summed E-state index contributed by atoms with van der Waals surface area (Å²) in [5, 5.41) is 10.9. The predicted octanol–water partition coefficient (Wildman–Crippen LogP) is 0.806. The van der Waals surface area contributed by atoms with Crippen LogP contribution >= 0.6 is 0 Å². The molecule has 2 aromatic rings. The summed E-state index contributed by atoms with van der Waals surface area (Å²) in [4.78, 5) is 16.7. The van der Waals surface area contributed by atoms with E-state index in [1.54, 1.807) is 30.0 Å². The van der Waals surface area contributed by atoms with E-state index in [-0.39, 0.29) is 17.6 Å². The Bertz CT molecular complexity index is 838. The molecule has 2 bridgehead atoms. The largest absolute Gasteiger partial charge is 0.495 e. The average Bonchev–Trinajstić information content (AvgIpc) is 2.64. The molecule has 3 N–H and O–H groups in total. The van der Waals surface area contributed by atoms with Crippen LogP contribution in [0, 0.1) is 0 Å². The zero-order valence-electron chi connectivity index (χ0n) is 14.3. The Morgan fingerprint density at radius 3 is 2.80 bits per heavy atom. The molecule has 1 aliphatic carbocycles. The molecular formula is C18H23N3O4. The summed E-state index contributed by atoms with van der Waals surface area (Å²) in [5.74, 6) is 0.569. The molecule has 0 aromatic carbocycles. The SMILES string of the molecule is COc1cnc2ccc(=O)n(CC(O)C34CCC(N)(CC3)CO4)c2c1. The maximum absolute atomic E-state index is 12.4. The molecule has 1 atom stereocenters. The van der Waals surface area contributed by atoms with Crippen molar-refractivity contribution in [2.75, 3.05) is 13.7 Å². The maximum atomic E-state index is 12.4. The van der Waals surface area contributed by atoms with Crippen molar-refractivity contribution in [2.45, 2.75) is 49.5 Å². The number of rotatable bonds is 4. The molecule has 1 unspecified atom stereocenters. The smallest absolute Gasteiger partial charge is 0.251 e. The van der Waals surface area contributed by atoms with Crippen molar-refractivity contribution < 1.29 is 14.6 Å². The van der Waals surface area contributed by atoms with Gasteiger partial charge in [0, 0.05) is 17.7 Å². The van der Waals surface area contributed by atoms with Crippen molar-refractivity contribution in [2.24, 2.45) is 5.73 Å². The van der Waals surface area contributed by atoms with Crippen LogP contribution in [0.5, 0.6) is 5.75 Å². The molecule has 0 radical (unpaired) electrons. The van der Waals surface area contributed by atoms with Gasteiger partial charge < -0.3 is 24.9 Å². The minimum atomic E-state index is -0.785. The van der Waals surface area contributed by atoms with Crippen LogP contribution in [0.25, 0.3) is 11.0 Å². The highest BCUT2D eigenvalue weighted by molar-refractivity contribution is 5.75. The molecule has 4 heterocycles. The second kappa shape index (κ2) is 5.79. The number of hydrogen-bond donors (Lipinski definition) is 2. The number of aliphatic hydroxyl groups is 1. The van der Waals surface area contributed by atoms with Crippen LogP contribution in [0.4, 0.5) is 0 Å². The minimum absolute atomic E-state index is 0.155. The third kappa shape index (κ3) is 2.72. The quantitative estimate of drug-likeness (QED) is 0.850. The Morgan fingerprint density at radius 1 is 1.40 bits per heavy atom. The van der Waals surface area contributed by atoms with E-state index in [9.17, 15) is 9.90 Å². The Kier molecular flexibility index (Phi) is 3.82. The van der Waals surface area contributed by atoms with E-state index in [1.807, 2.05) is 0 Å². The summed E-state index contributed by atoms with van der Waals surface area (Å²) < 4.78 is 12.7. The van der Waals surface area contributed by atoms with Gasteiger partial charge in [-0.1, -0.05) is 0 Å². The lowest BCUT2D eigenvalue weighted by Crippen LogP contribution is -2.64. The zero-order valence-corrected chi connectivity index (χ0v) is 14.3. The van der Waals surface area contributed by atoms with E-state index in [4.69, 9.17) is 15.2 Å². The van der Waals surface area contributed by atoms with E-state index in [2.05, 4.69) is 4.98 Å². The van der Waals surface area contributed by atoms with Crippen LogP contribution in [-0.4, -0.2) is 45.6 Å². The lowest BCUT2D eigenvalue weighted by molar-refractivity contribution is -0.204. The number of methoxy groups -OCH3 is 1. The monoisotopic (exact) mass is 345 g/mol. The molecule has 0 amide bonds. The van der Waals surface area contributed by atoms with Gasteiger partial charge in [0.15, 0.2) is 0 Å². The highest BCUT2D eigenvalue weighted by atomic mass is 16.5. The molecule has 7 heteroatoms. The van der Waals surface area contributed by atoms with Crippen molar-refractivity contribution >= 4 is 11.0 Å². The molecule has 3 aliphatic rings. The molecule has 3 fully saturated rings. The van der Waals surface area contributed by atoms with Gasteiger partial charge in [-0.25, -0.2) is 0 Å². The van der Waals surface area contributed by atoms with Crippen LogP contribution < -0.4 is 16.0 Å². The zero-order chi connectivity index (χ0) is 17.7. The van der Waals surface area contributed by atoms with Gasteiger partial charge in [-0.05, 0) is 31.7 Å². The van der Waals surface area contributed by atoms with E-state index in [0.717, 1.165) is 12.8 Å². The highest BCUT2D eigenvalue weighted by Gasteiger charge is 2.51. The molecule has 2 aliphatic heterocycles. The first kappa shape index (κ1) is 16.5. The first-order chi connectivity index (χ1) is 11.9. The molecule has 134 valence electrons. The fourth-order valence-electron chi connectivity index (χ4n) is 3.96. The summed E-state index contributed by atoms with van der Waals surface area (Å²) in [5.41, 5.74) is 6.52. The lowest BCUT2D eigenvalue weighted by atomic mass is 9.69. The number of hydrogen-bond acceptors (Lipinski definition) is 6. The molecule has 1 saturated carbocycles. The highest BCUT2D eigenvalue weighted by Crippen LogP contribution is 2.44. The van der Waals surface area contributed by atoms with Crippen LogP contribution in [0.1, 0.15) is 25.7 Å². The van der Waals surface area contributed by atoms with Gasteiger partial charge in [0.2, 0.25) is 0 Å². The number of fused-ring (bicyclic) bond motifs is 4. The summed E-state index contributed by atoms with van der Waals surface area (Å²) in [7, 11) is 1.55. The number of aromatic nitrogens is 2. The van der Waals surface area contributed by atoms with Crippen LogP contribution in [-0.2, 0) is 11.3 Å². The number of pyridine rings is 2. The molecule has 5 rings (SSSR count). The number of nitrogens with two attached hydrogens (primary N) is 1. The summed E-state index contributed by atoms with van der Waals surface area (Å²) in [6, 6.07) is 4.92. The number of nitrogens with zero attached hydrogens (tertiary/aromatic N) is 2. The normalized spacial score (nSPS) is 29.7. The Labute approximate surface area is 145 Å². The van der Waals surface area contributed by atoms with Gasteiger partial charge in [0.25, 0.3) is 5.56 Å². The topological polar surface area (TPSA) is 99.6 Å². The Hall–Kier alpha value is -1.96. The fraction of sp³-hybridized carbons (Fsp3) is 0.556. The van der Waals surface area contributed by atoms with Crippen molar-refractivity contribution in [1.29, 1.82) is 0 Å². The van der Waals surface area contributed by atoms with Crippen LogP contribution in [0.3, 0.4) is 0 Å². The molecule has 2 aromatic heterocycles. The number of ether oxygens (including phenoxy) is 2. The average molecular weight is 345 g/mol. The summed E-state index contributed by atoms with van der Waals surface area (Å²) in [6.07, 6.45) is 3.93. The Morgan fingerprint density at radius 2 is 2.16 bits per heavy atom. The lowest BCUT2D eigenvalue weighted by Gasteiger charge is -2.53. The molecule has 7 nitrogen and oxygen atoms in total. The minimum Gasteiger partial charge on any atom is -0.495 e. The van der Waals surface area contributed by atoms with E-state index >= 15 is 0 Å². The van der Waals surface area contributed by atoms with Crippen LogP contribution in [0.15, 0.2) is 29.2 Å². The van der Waals surface area contributed by atoms with Gasteiger partial charge >= 0.3 is 0 Å². The number of aliphatic hydroxyl groups excluding tert-OH is 1. The first-order valence-electron chi connectivity index (χ1n) is 8.59. The van der Waals surface area contributed by atoms with Gasteiger partial charge in [0.1, 0.15) is 11.9 Å². The van der Waals surface area contributed by atoms with Gasteiger partial charge in [0.05, 0.1) is 43.1 Å². The first-order valence-corrected chi connectivity index (χ1v) is 8.59. The predicted molar refractivity (Wildman–Crippen MR) is 92.6 cm³/mol. The summed E-state index contributed by atoms with van der Waals surface area (Å²) >= 11 is 0. The fourth-order valence-corrected chi connectivity index (χ4v) is 3.96. The van der Waals surface area contributed by atoms with Crippen molar-refractivity contribution in [3.8, 4) is 5.75 Å². The van der Waals surface area contributed by atoms with Gasteiger partial charge in [-0.15, -0.1) is 0 Å². The van der Waals surface area contributed by atoms with Crippen molar-refractivity contribution in [1.82, 2.24) is 9.55 Å². The van der Waals surface area contributed by atoms with Gasteiger partial charge in [-0.2, -0.15) is 0 Å². The third-order valence-corrected chi connectivity index (χ3v) is 5.75. The molecule has 2 saturated heterocycles. The van der Waals surface area contributed by atoms with Gasteiger partial charge in [-0.3, -0.25) is 9.78 Å². The van der Waals surface area contributed by atoms with Crippen molar-refractivity contribution in [3.63, 3.8) is 0 Å². The summed E-state index contributed by atoms with van der Waals surface area (Å²) in [6.45, 7) is 0.618. The maximum Gasteiger partial charge on any atom is 0.251 e. The second-order valence-electron chi connectivity index (χ2n) is 7.29. The second-order valence-corrected chi connectivity index (χ2v) is 7.29. The van der Waals surface area contributed by atoms with Crippen LogP contribution in [0.2, 0.25) is 0 Å². The Balaban J connectivity index is 1.68. The van der Waals surface area contributed by atoms with E-state index in [1.165, 1.54) is 6.07 Å². The molecule has 0 spiro atoms. The molecular weight excluding hydrogens is 322 g/mol. The standard InChI is InChI=1S/C18H23N3O4/c1-24-12-8-14-13(20-9-12)2-3-16(23)21(14)10-15(22)18-6-4-17(19,5-7-18)11-25-18/h2-3,8-9,15,22H,4-7,10-11,19H2,1H3. The third-order valence-electron chi connectivity index (χ3n) is 5.75. The van der Waals surface area contributed by atoms with Crippen molar-refractivity contribution in [3.05, 3.63) is 34.7 Å². The molecule has 25 heavy (non-hydrogen) atoms. The van der Waals surface area contributed by atoms with E-state index in [0.29, 0.717) is 36.2 Å².